The smallest absolute Gasteiger partial charge is 0.409 e. The Morgan fingerprint density at radius 3 is 2.69 bits per heavy atom. The first kappa shape index (κ1) is 20.6. The number of hydrogen-bond acceptors (Lipinski definition) is 5. The summed E-state index contributed by atoms with van der Waals surface area (Å²) < 4.78 is 5.03. The van der Waals surface area contributed by atoms with Crippen LogP contribution in [0.1, 0.15) is 41.4 Å². The summed E-state index contributed by atoms with van der Waals surface area (Å²) in [5, 5.41) is 6.38. The van der Waals surface area contributed by atoms with Crippen LogP contribution in [0, 0.1) is 6.92 Å². The van der Waals surface area contributed by atoms with Crippen LogP contribution in [0.3, 0.4) is 0 Å². The average Bonchev–Trinajstić information content (AvgIpc) is 2.74. The molecule has 7 nitrogen and oxygen atoms in total. The van der Waals surface area contributed by atoms with E-state index in [0.717, 1.165) is 5.69 Å². The van der Waals surface area contributed by atoms with E-state index >= 15 is 0 Å². The van der Waals surface area contributed by atoms with Gasteiger partial charge in [0.1, 0.15) is 5.69 Å². The largest absolute Gasteiger partial charge is 0.450 e. The van der Waals surface area contributed by atoms with Gasteiger partial charge in [-0.15, -0.1) is 0 Å². The first-order valence-electron chi connectivity index (χ1n) is 10.0. The van der Waals surface area contributed by atoms with Crippen LogP contribution < -0.4 is 10.6 Å². The fraction of sp³-hybridized carbons (Fsp3) is 0.409. The Morgan fingerprint density at radius 2 is 1.97 bits per heavy atom. The van der Waals surface area contributed by atoms with Gasteiger partial charge in [0.15, 0.2) is 0 Å². The van der Waals surface area contributed by atoms with Gasteiger partial charge in [0, 0.05) is 37.6 Å². The number of carbonyl (C=O) groups is 2. The van der Waals surface area contributed by atoms with E-state index < -0.39 is 0 Å². The summed E-state index contributed by atoms with van der Waals surface area (Å²) in [6.07, 6.45) is 2.76. The van der Waals surface area contributed by atoms with Crippen LogP contribution in [-0.2, 0) is 11.3 Å². The molecule has 0 aliphatic carbocycles. The molecule has 2 heterocycles. The van der Waals surface area contributed by atoms with Crippen LogP contribution in [-0.4, -0.2) is 47.6 Å². The quantitative estimate of drug-likeness (QED) is 0.782. The summed E-state index contributed by atoms with van der Waals surface area (Å²) in [5.74, 6) is -0.195. The molecule has 2 aromatic rings. The van der Waals surface area contributed by atoms with Crippen molar-refractivity contribution in [2.24, 2.45) is 0 Å². The number of pyridine rings is 1. The van der Waals surface area contributed by atoms with Crippen molar-refractivity contribution in [3.63, 3.8) is 0 Å². The highest BCUT2D eigenvalue weighted by Crippen LogP contribution is 2.15. The van der Waals surface area contributed by atoms with Crippen molar-refractivity contribution in [3.05, 3.63) is 59.4 Å². The van der Waals surface area contributed by atoms with Gasteiger partial charge >= 0.3 is 6.09 Å². The monoisotopic (exact) mass is 396 g/mol. The third kappa shape index (κ3) is 5.70. The zero-order valence-corrected chi connectivity index (χ0v) is 17.0. The van der Waals surface area contributed by atoms with Gasteiger partial charge in [-0.1, -0.05) is 24.3 Å². The molecule has 1 aromatic carbocycles. The molecule has 154 valence electrons. The second kappa shape index (κ2) is 9.91. The number of anilines is 1. The number of benzene rings is 1. The van der Waals surface area contributed by atoms with Crippen LogP contribution in [0.5, 0.6) is 0 Å². The average molecular weight is 396 g/mol. The number of ether oxygens (including phenoxy) is 1. The summed E-state index contributed by atoms with van der Waals surface area (Å²) in [6.45, 7) is 6.08. The van der Waals surface area contributed by atoms with Gasteiger partial charge in [0.05, 0.1) is 6.61 Å². The molecule has 1 aliphatic heterocycles. The van der Waals surface area contributed by atoms with Crippen LogP contribution in [0.2, 0.25) is 0 Å². The van der Waals surface area contributed by atoms with E-state index in [-0.39, 0.29) is 18.0 Å². The van der Waals surface area contributed by atoms with Crippen molar-refractivity contribution < 1.29 is 14.3 Å². The van der Waals surface area contributed by atoms with Crippen molar-refractivity contribution in [3.8, 4) is 0 Å². The lowest BCUT2D eigenvalue weighted by atomic mass is 10.1. The molecule has 0 unspecified atom stereocenters. The summed E-state index contributed by atoms with van der Waals surface area (Å²) in [5.41, 5.74) is 3.67. The molecular weight excluding hydrogens is 368 g/mol. The van der Waals surface area contributed by atoms with E-state index in [1.165, 1.54) is 11.1 Å². The maximum Gasteiger partial charge on any atom is 0.409 e. The topological polar surface area (TPSA) is 83.6 Å². The molecule has 0 atom stereocenters. The number of nitrogens with zero attached hydrogens (tertiary/aromatic N) is 2. The highest BCUT2D eigenvalue weighted by atomic mass is 16.6. The minimum atomic E-state index is -0.286. The molecule has 29 heavy (non-hydrogen) atoms. The molecule has 3 rings (SSSR count). The minimum Gasteiger partial charge on any atom is -0.450 e. The predicted molar refractivity (Wildman–Crippen MR) is 112 cm³/mol. The lowest BCUT2D eigenvalue weighted by Gasteiger charge is -2.31. The number of carbonyl (C=O) groups excluding carboxylic acids is 2. The van der Waals surface area contributed by atoms with E-state index in [1.54, 1.807) is 24.1 Å². The first-order chi connectivity index (χ1) is 14.1. The van der Waals surface area contributed by atoms with E-state index in [1.807, 2.05) is 18.2 Å². The molecule has 1 aliphatic rings. The second-order valence-electron chi connectivity index (χ2n) is 7.14. The number of rotatable bonds is 6. The molecule has 1 aromatic heterocycles. The highest BCUT2D eigenvalue weighted by Gasteiger charge is 2.25. The maximum absolute atomic E-state index is 12.6. The number of likely N-dealkylation sites (tertiary alicyclic amines) is 1. The van der Waals surface area contributed by atoms with Gasteiger partial charge in [-0.25, -0.2) is 4.79 Å². The van der Waals surface area contributed by atoms with Crippen LogP contribution >= 0.6 is 0 Å². The van der Waals surface area contributed by atoms with Crippen molar-refractivity contribution >= 4 is 17.7 Å². The van der Waals surface area contributed by atoms with Crippen LogP contribution in [0.15, 0.2) is 42.6 Å². The molecule has 2 amide bonds. The zero-order valence-electron chi connectivity index (χ0n) is 17.0. The van der Waals surface area contributed by atoms with Crippen molar-refractivity contribution in [1.29, 1.82) is 0 Å². The number of piperidine rings is 1. The van der Waals surface area contributed by atoms with Crippen molar-refractivity contribution in [2.45, 2.75) is 39.3 Å². The summed E-state index contributed by atoms with van der Waals surface area (Å²) in [6, 6.07) is 11.8. The fourth-order valence-corrected chi connectivity index (χ4v) is 3.35. The van der Waals surface area contributed by atoms with Crippen LogP contribution in [0.4, 0.5) is 10.5 Å². The lowest BCUT2D eigenvalue weighted by Crippen LogP contribution is -2.46. The Hall–Kier alpha value is -3.09. The maximum atomic E-state index is 12.6. The number of amides is 2. The Morgan fingerprint density at radius 1 is 1.21 bits per heavy atom. The molecule has 0 radical (unpaired) electrons. The summed E-state index contributed by atoms with van der Waals surface area (Å²) >= 11 is 0. The molecule has 0 saturated carbocycles. The third-order valence-electron chi connectivity index (χ3n) is 5.09. The molecular formula is C22H28N4O3. The normalized spacial score (nSPS) is 14.3. The first-order valence-corrected chi connectivity index (χ1v) is 10.0. The van der Waals surface area contributed by atoms with Gasteiger partial charge in [0.25, 0.3) is 5.91 Å². The highest BCUT2D eigenvalue weighted by molar-refractivity contribution is 5.93. The minimum absolute atomic E-state index is 0.0264. The standard InChI is InChI=1S/C22H28N4O3/c1-3-29-22(28)26-12-9-18(10-13-26)25-21(27)20-14-19(8-11-23-20)24-15-17-7-5-4-6-16(17)2/h4-8,11,14,18H,3,9-10,12-13,15H2,1-2H3,(H,23,24)(H,25,27). The SMILES string of the molecule is CCOC(=O)N1CCC(NC(=O)c2cc(NCc3ccccc3C)ccn2)CC1. The molecule has 2 N–H and O–H groups in total. The summed E-state index contributed by atoms with van der Waals surface area (Å²) in [4.78, 5) is 30.3. The number of nitrogens with one attached hydrogen (secondary N) is 2. The number of aromatic nitrogens is 1. The molecule has 1 saturated heterocycles. The van der Waals surface area contributed by atoms with Gasteiger partial charge in [0.2, 0.25) is 0 Å². The van der Waals surface area contributed by atoms with E-state index in [2.05, 4.69) is 34.7 Å². The molecule has 0 spiro atoms. The zero-order chi connectivity index (χ0) is 20.6. The van der Waals surface area contributed by atoms with Crippen molar-refractivity contribution in [1.82, 2.24) is 15.2 Å². The van der Waals surface area contributed by atoms with Gasteiger partial charge in [-0.3, -0.25) is 9.78 Å². The molecule has 7 heteroatoms. The van der Waals surface area contributed by atoms with Crippen LogP contribution in [0.25, 0.3) is 0 Å². The van der Waals surface area contributed by atoms with E-state index in [9.17, 15) is 9.59 Å². The predicted octanol–water partition coefficient (Wildman–Crippen LogP) is 3.35. The van der Waals surface area contributed by atoms with E-state index in [0.29, 0.717) is 44.8 Å². The van der Waals surface area contributed by atoms with Crippen molar-refractivity contribution in [2.75, 3.05) is 25.0 Å². The Balaban J connectivity index is 1.52. The molecule has 0 bridgehead atoms. The number of aryl methyl sites for hydroxylation is 1. The lowest BCUT2D eigenvalue weighted by molar-refractivity contribution is 0.0856. The van der Waals surface area contributed by atoms with Gasteiger partial charge in [-0.05, 0) is 49.9 Å². The van der Waals surface area contributed by atoms with E-state index in [4.69, 9.17) is 4.74 Å². The fourth-order valence-electron chi connectivity index (χ4n) is 3.35. The third-order valence-corrected chi connectivity index (χ3v) is 5.09. The number of hydrogen-bond donors (Lipinski definition) is 2. The Labute approximate surface area is 171 Å². The van der Waals surface area contributed by atoms with Gasteiger partial charge in [-0.2, -0.15) is 0 Å². The van der Waals surface area contributed by atoms with Gasteiger partial charge < -0.3 is 20.3 Å². The molecule has 1 fully saturated rings. The Kier molecular flexibility index (Phi) is 7.05. The second-order valence-corrected chi connectivity index (χ2v) is 7.14. The Bertz CT molecular complexity index is 847. The summed E-state index contributed by atoms with van der Waals surface area (Å²) in [7, 11) is 0.